The molecule has 0 spiro atoms. The van der Waals surface area contributed by atoms with Crippen molar-refractivity contribution in [2.24, 2.45) is 0 Å². The van der Waals surface area contributed by atoms with Crippen LogP contribution in [-0.2, 0) is 0 Å². The SMILES string of the molecule is CCC(c1cccc(Cl)c1)N1CCCC1C1CCCN1. The van der Waals surface area contributed by atoms with Crippen LogP contribution in [0.5, 0.6) is 0 Å². The summed E-state index contributed by atoms with van der Waals surface area (Å²) >= 11 is 6.19. The summed E-state index contributed by atoms with van der Waals surface area (Å²) in [6.07, 6.45) is 6.51. The smallest absolute Gasteiger partial charge is 0.0409 e. The highest BCUT2D eigenvalue weighted by Gasteiger charge is 2.36. The summed E-state index contributed by atoms with van der Waals surface area (Å²) in [5, 5.41) is 4.56. The first-order chi connectivity index (χ1) is 9.79. The van der Waals surface area contributed by atoms with Crippen LogP contribution in [0.2, 0.25) is 5.02 Å². The molecule has 0 bridgehead atoms. The standard InChI is InChI=1S/C17H25ClN2/c1-2-16(13-6-3-7-14(18)12-13)20-11-5-9-17(20)15-8-4-10-19-15/h3,6-7,12,15-17,19H,2,4-5,8-11H2,1H3. The van der Waals surface area contributed by atoms with Crippen LogP contribution < -0.4 is 5.32 Å². The van der Waals surface area contributed by atoms with Crippen molar-refractivity contribution in [3.63, 3.8) is 0 Å². The lowest BCUT2D eigenvalue weighted by molar-refractivity contribution is 0.149. The molecule has 2 aliphatic rings. The van der Waals surface area contributed by atoms with E-state index in [4.69, 9.17) is 11.6 Å². The normalized spacial score (nSPS) is 28.9. The van der Waals surface area contributed by atoms with E-state index in [-0.39, 0.29) is 0 Å². The first-order valence-corrected chi connectivity index (χ1v) is 8.42. The fraction of sp³-hybridized carbons (Fsp3) is 0.647. The predicted molar refractivity (Wildman–Crippen MR) is 85.2 cm³/mol. The molecule has 0 saturated carbocycles. The first-order valence-electron chi connectivity index (χ1n) is 8.04. The Morgan fingerprint density at radius 2 is 2.25 bits per heavy atom. The van der Waals surface area contributed by atoms with Gasteiger partial charge < -0.3 is 5.32 Å². The Balaban J connectivity index is 1.80. The van der Waals surface area contributed by atoms with Crippen LogP contribution in [0.25, 0.3) is 0 Å². The van der Waals surface area contributed by atoms with E-state index < -0.39 is 0 Å². The van der Waals surface area contributed by atoms with Gasteiger partial charge in [-0.3, -0.25) is 4.90 Å². The summed E-state index contributed by atoms with van der Waals surface area (Å²) in [6, 6.07) is 10.4. The number of nitrogens with one attached hydrogen (secondary N) is 1. The van der Waals surface area contributed by atoms with Crippen molar-refractivity contribution in [1.29, 1.82) is 0 Å². The lowest BCUT2D eigenvalue weighted by Crippen LogP contribution is -2.45. The minimum Gasteiger partial charge on any atom is -0.312 e. The van der Waals surface area contributed by atoms with Crippen LogP contribution in [0.4, 0.5) is 0 Å². The van der Waals surface area contributed by atoms with Crippen LogP contribution in [-0.4, -0.2) is 30.1 Å². The molecule has 2 fully saturated rings. The molecule has 1 N–H and O–H groups in total. The number of nitrogens with zero attached hydrogens (tertiary/aromatic N) is 1. The number of hydrogen-bond donors (Lipinski definition) is 1. The fourth-order valence-corrected chi connectivity index (χ4v) is 4.25. The van der Waals surface area contributed by atoms with E-state index in [1.54, 1.807) is 0 Å². The van der Waals surface area contributed by atoms with Crippen molar-refractivity contribution in [3.8, 4) is 0 Å². The average Bonchev–Trinajstić information content (AvgIpc) is 3.10. The maximum absolute atomic E-state index is 6.19. The van der Waals surface area contributed by atoms with Crippen LogP contribution in [0.1, 0.15) is 50.6 Å². The largest absolute Gasteiger partial charge is 0.312 e. The van der Waals surface area contributed by atoms with E-state index >= 15 is 0 Å². The van der Waals surface area contributed by atoms with E-state index in [0.717, 1.165) is 11.4 Å². The summed E-state index contributed by atoms with van der Waals surface area (Å²) in [5.41, 5.74) is 1.38. The third-order valence-electron chi connectivity index (χ3n) is 4.93. The second-order valence-corrected chi connectivity index (χ2v) is 6.57. The second kappa shape index (κ2) is 6.46. The Morgan fingerprint density at radius 1 is 1.35 bits per heavy atom. The van der Waals surface area contributed by atoms with Crippen molar-refractivity contribution < 1.29 is 0 Å². The molecule has 3 rings (SSSR count). The van der Waals surface area contributed by atoms with Crippen molar-refractivity contribution in [2.45, 2.75) is 57.2 Å². The average molecular weight is 293 g/mol. The maximum Gasteiger partial charge on any atom is 0.0409 e. The lowest BCUT2D eigenvalue weighted by atomic mass is 9.98. The third kappa shape index (κ3) is 2.88. The third-order valence-corrected chi connectivity index (χ3v) is 5.16. The summed E-state index contributed by atoms with van der Waals surface area (Å²) in [7, 11) is 0. The van der Waals surface area contributed by atoms with E-state index in [0.29, 0.717) is 18.1 Å². The van der Waals surface area contributed by atoms with Crippen LogP contribution in [0.15, 0.2) is 24.3 Å². The van der Waals surface area contributed by atoms with E-state index in [9.17, 15) is 0 Å². The molecule has 1 aromatic carbocycles. The fourth-order valence-electron chi connectivity index (χ4n) is 4.05. The van der Waals surface area contributed by atoms with E-state index in [2.05, 4.69) is 35.3 Å². The summed E-state index contributed by atoms with van der Waals surface area (Å²) < 4.78 is 0. The van der Waals surface area contributed by atoms with Gasteiger partial charge in [0.1, 0.15) is 0 Å². The Morgan fingerprint density at radius 3 is 2.95 bits per heavy atom. The molecule has 0 aliphatic carbocycles. The minimum atomic E-state index is 0.517. The quantitative estimate of drug-likeness (QED) is 0.902. The molecule has 2 saturated heterocycles. The second-order valence-electron chi connectivity index (χ2n) is 6.13. The van der Waals surface area contributed by atoms with Crippen LogP contribution >= 0.6 is 11.6 Å². The first kappa shape index (κ1) is 14.4. The Bertz CT molecular complexity index is 442. The maximum atomic E-state index is 6.19. The zero-order valence-corrected chi connectivity index (χ0v) is 13.1. The highest BCUT2D eigenvalue weighted by atomic mass is 35.5. The zero-order valence-electron chi connectivity index (χ0n) is 12.3. The molecule has 20 heavy (non-hydrogen) atoms. The van der Waals surface area contributed by atoms with Gasteiger partial charge in [0.2, 0.25) is 0 Å². The number of halogens is 1. The van der Waals surface area contributed by atoms with Gasteiger partial charge in [0.05, 0.1) is 0 Å². The number of likely N-dealkylation sites (tertiary alicyclic amines) is 1. The van der Waals surface area contributed by atoms with Gasteiger partial charge in [0.25, 0.3) is 0 Å². The van der Waals surface area contributed by atoms with Crippen molar-refractivity contribution >= 4 is 11.6 Å². The van der Waals surface area contributed by atoms with Gasteiger partial charge in [-0.05, 0) is 62.9 Å². The summed E-state index contributed by atoms with van der Waals surface area (Å²) in [6.45, 7) is 4.72. The molecule has 3 heteroatoms. The number of benzene rings is 1. The molecular formula is C17H25ClN2. The molecule has 110 valence electrons. The molecule has 3 unspecified atom stereocenters. The Labute approximate surface area is 127 Å². The summed E-state index contributed by atoms with van der Waals surface area (Å²) in [5.74, 6) is 0. The monoisotopic (exact) mass is 292 g/mol. The molecule has 0 aromatic heterocycles. The van der Waals surface area contributed by atoms with Crippen LogP contribution in [0.3, 0.4) is 0 Å². The van der Waals surface area contributed by atoms with Gasteiger partial charge in [0.15, 0.2) is 0 Å². The number of hydrogen-bond acceptors (Lipinski definition) is 2. The highest BCUT2D eigenvalue weighted by molar-refractivity contribution is 6.30. The Kier molecular flexibility index (Phi) is 4.65. The molecule has 3 atom stereocenters. The van der Waals surface area contributed by atoms with Gasteiger partial charge in [-0.25, -0.2) is 0 Å². The molecule has 0 amide bonds. The van der Waals surface area contributed by atoms with Gasteiger partial charge >= 0.3 is 0 Å². The lowest BCUT2D eigenvalue weighted by Gasteiger charge is -2.36. The molecule has 0 radical (unpaired) electrons. The Hall–Kier alpha value is -0.570. The number of rotatable bonds is 4. The topological polar surface area (TPSA) is 15.3 Å². The van der Waals surface area contributed by atoms with Crippen molar-refractivity contribution in [2.75, 3.05) is 13.1 Å². The van der Waals surface area contributed by atoms with E-state index in [1.165, 1.54) is 44.3 Å². The van der Waals surface area contributed by atoms with Gasteiger partial charge in [-0.1, -0.05) is 30.7 Å². The summed E-state index contributed by atoms with van der Waals surface area (Å²) in [4.78, 5) is 2.73. The van der Waals surface area contributed by atoms with Crippen LogP contribution in [0, 0.1) is 0 Å². The van der Waals surface area contributed by atoms with Gasteiger partial charge in [-0.2, -0.15) is 0 Å². The van der Waals surface area contributed by atoms with Crippen molar-refractivity contribution in [3.05, 3.63) is 34.9 Å². The molecule has 2 aliphatic heterocycles. The molecule has 2 nitrogen and oxygen atoms in total. The molecule has 2 heterocycles. The minimum absolute atomic E-state index is 0.517. The van der Waals surface area contributed by atoms with E-state index in [1.807, 2.05) is 6.07 Å². The predicted octanol–water partition coefficient (Wildman–Crippen LogP) is 4.01. The zero-order chi connectivity index (χ0) is 13.9. The van der Waals surface area contributed by atoms with Gasteiger partial charge in [0, 0.05) is 23.1 Å². The molecule has 1 aromatic rings. The van der Waals surface area contributed by atoms with Gasteiger partial charge in [-0.15, -0.1) is 0 Å². The highest BCUT2D eigenvalue weighted by Crippen LogP contribution is 2.35. The molecular weight excluding hydrogens is 268 g/mol. The van der Waals surface area contributed by atoms with Crippen molar-refractivity contribution in [1.82, 2.24) is 10.2 Å².